The van der Waals surface area contributed by atoms with Gasteiger partial charge in [-0.05, 0) is 55.9 Å². The van der Waals surface area contributed by atoms with E-state index in [1.165, 1.54) is 0 Å². The van der Waals surface area contributed by atoms with Crippen molar-refractivity contribution in [1.82, 2.24) is 4.57 Å². The van der Waals surface area contributed by atoms with Crippen LogP contribution in [-0.4, -0.2) is 33.0 Å². The summed E-state index contributed by atoms with van der Waals surface area (Å²) in [4.78, 5) is 10.7. The highest BCUT2D eigenvalue weighted by Crippen LogP contribution is 2.39. The minimum Gasteiger partial charge on any atom is -0.550 e. The molecule has 1 aliphatic carbocycles. The SMILES string of the molecule is CCCCC[C@H](O)C=C[C@@H]1c2cc(CCCCC(=O)[O-])n(-c3ccccc3)c2C[C@H]1O. The first-order chi connectivity index (χ1) is 15.0. The van der Waals surface area contributed by atoms with E-state index in [4.69, 9.17) is 0 Å². The van der Waals surface area contributed by atoms with E-state index in [1.807, 2.05) is 30.4 Å². The fourth-order valence-electron chi connectivity index (χ4n) is 4.50. The lowest BCUT2D eigenvalue weighted by Gasteiger charge is -2.15. The number of aliphatic hydroxyl groups excluding tert-OH is 2. The summed E-state index contributed by atoms with van der Waals surface area (Å²) >= 11 is 0. The minimum atomic E-state index is -1.01. The van der Waals surface area contributed by atoms with Gasteiger partial charge in [0.15, 0.2) is 0 Å². The summed E-state index contributed by atoms with van der Waals surface area (Å²) in [6.07, 6.45) is 9.54. The molecule has 168 valence electrons. The number of carboxylic acid groups (broad SMARTS) is 1. The average molecular weight is 425 g/mol. The highest BCUT2D eigenvalue weighted by Gasteiger charge is 2.34. The number of carbonyl (C=O) groups excluding carboxylic acids is 1. The van der Waals surface area contributed by atoms with Gasteiger partial charge in [-0.1, -0.05) is 56.5 Å². The molecule has 0 unspecified atom stereocenters. The zero-order valence-electron chi connectivity index (χ0n) is 18.4. The van der Waals surface area contributed by atoms with Gasteiger partial charge in [-0.3, -0.25) is 0 Å². The Kier molecular flexibility index (Phi) is 8.50. The Morgan fingerprint density at radius 2 is 2.00 bits per heavy atom. The highest BCUT2D eigenvalue weighted by atomic mass is 16.4. The third-order valence-electron chi connectivity index (χ3n) is 6.11. The van der Waals surface area contributed by atoms with Gasteiger partial charge in [0.2, 0.25) is 0 Å². The molecule has 1 aromatic heterocycles. The molecule has 5 nitrogen and oxygen atoms in total. The molecule has 0 amide bonds. The van der Waals surface area contributed by atoms with Crippen LogP contribution in [-0.2, 0) is 17.6 Å². The van der Waals surface area contributed by atoms with Crippen molar-refractivity contribution in [1.29, 1.82) is 0 Å². The number of unbranched alkanes of at least 4 members (excludes halogenated alkanes) is 3. The van der Waals surface area contributed by atoms with E-state index in [0.29, 0.717) is 12.8 Å². The number of hydrogen-bond donors (Lipinski definition) is 2. The molecule has 1 aromatic carbocycles. The summed E-state index contributed by atoms with van der Waals surface area (Å²) in [6, 6.07) is 12.2. The Labute approximate surface area is 185 Å². The first-order valence-electron chi connectivity index (χ1n) is 11.5. The van der Waals surface area contributed by atoms with Crippen LogP contribution in [0, 0.1) is 0 Å². The standard InChI is InChI=1S/C26H35NO4/c1-2-3-5-13-21(28)15-16-22-23-17-20(12-8-9-14-26(30)31)27(24(23)18-25(22)29)19-10-6-4-7-11-19/h4,6-7,10-11,15-17,21-22,25,28-29H,2-3,5,8-9,12-14,18H2,1H3,(H,30,31)/p-1/t21-,22+,25+/m0/s1. The molecule has 2 N–H and O–H groups in total. The Balaban J connectivity index is 1.82. The topological polar surface area (TPSA) is 85.5 Å². The van der Waals surface area contributed by atoms with Gasteiger partial charge in [-0.15, -0.1) is 0 Å². The van der Waals surface area contributed by atoms with Crippen molar-refractivity contribution >= 4 is 5.97 Å². The van der Waals surface area contributed by atoms with Crippen LogP contribution >= 0.6 is 0 Å². The van der Waals surface area contributed by atoms with Crippen molar-refractivity contribution in [2.75, 3.05) is 0 Å². The lowest BCUT2D eigenvalue weighted by Crippen LogP contribution is -2.21. The van der Waals surface area contributed by atoms with Crippen LogP contribution in [0.25, 0.3) is 5.69 Å². The van der Waals surface area contributed by atoms with Crippen LogP contribution in [0.2, 0.25) is 0 Å². The maximum atomic E-state index is 10.7. The first-order valence-corrected chi connectivity index (χ1v) is 11.5. The number of para-hydroxylation sites is 1. The number of aliphatic carboxylic acids is 1. The Hall–Kier alpha value is -2.37. The highest BCUT2D eigenvalue weighted by molar-refractivity contribution is 5.64. The molecular formula is C26H34NO4-. The third-order valence-corrected chi connectivity index (χ3v) is 6.11. The summed E-state index contributed by atoms with van der Waals surface area (Å²) in [6.45, 7) is 2.15. The van der Waals surface area contributed by atoms with E-state index >= 15 is 0 Å². The summed E-state index contributed by atoms with van der Waals surface area (Å²) in [5.74, 6) is -1.14. The fourth-order valence-corrected chi connectivity index (χ4v) is 4.50. The summed E-state index contributed by atoms with van der Waals surface area (Å²) in [5.41, 5.74) is 4.38. The van der Waals surface area contributed by atoms with Crippen molar-refractivity contribution in [2.45, 2.75) is 82.8 Å². The monoisotopic (exact) mass is 424 g/mol. The van der Waals surface area contributed by atoms with Gasteiger partial charge in [0.05, 0.1) is 12.2 Å². The van der Waals surface area contributed by atoms with Gasteiger partial charge < -0.3 is 24.7 Å². The number of carboxylic acids is 1. The second kappa shape index (κ2) is 11.3. The molecule has 0 spiro atoms. The molecule has 3 rings (SSSR count). The van der Waals surface area contributed by atoms with E-state index in [0.717, 1.165) is 61.2 Å². The molecule has 1 heterocycles. The summed E-state index contributed by atoms with van der Waals surface area (Å²) in [7, 11) is 0. The van der Waals surface area contributed by atoms with Gasteiger partial charge in [-0.2, -0.15) is 0 Å². The number of aryl methyl sites for hydroxylation is 1. The van der Waals surface area contributed by atoms with Crippen LogP contribution in [0.3, 0.4) is 0 Å². The van der Waals surface area contributed by atoms with Crippen LogP contribution in [0.5, 0.6) is 0 Å². The van der Waals surface area contributed by atoms with E-state index < -0.39 is 18.2 Å². The molecule has 0 fully saturated rings. The zero-order valence-corrected chi connectivity index (χ0v) is 18.4. The second-order valence-corrected chi connectivity index (χ2v) is 8.53. The number of hydrogen-bond acceptors (Lipinski definition) is 4. The van der Waals surface area contributed by atoms with Crippen LogP contribution in [0.1, 0.15) is 74.7 Å². The molecule has 0 radical (unpaired) electrons. The molecular weight excluding hydrogens is 390 g/mol. The molecule has 0 saturated heterocycles. The van der Waals surface area contributed by atoms with Crippen molar-refractivity contribution in [3.63, 3.8) is 0 Å². The zero-order chi connectivity index (χ0) is 22.2. The van der Waals surface area contributed by atoms with Gasteiger partial charge in [0, 0.05) is 35.4 Å². The fraction of sp³-hybridized carbons (Fsp3) is 0.500. The lowest BCUT2D eigenvalue weighted by molar-refractivity contribution is -0.305. The Bertz CT molecular complexity index is 871. The van der Waals surface area contributed by atoms with E-state index in [9.17, 15) is 20.1 Å². The number of benzene rings is 1. The number of fused-ring (bicyclic) bond motifs is 1. The predicted octanol–water partition coefficient (Wildman–Crippen LogP) is 3.44. The lowest BCUT2D eigenvalue weighted by atomic mass is 9.98. The quantitative estimate of drug-likeness (QED) is 0.404. The number of aromatic nitrogens is 1. The van der Waals surface area contributed by atoms with Crippen molar-refractivity contribution in [2.24, 2.45) is 0 Å². The van der Waals surface area contributed by atoms with Gasteiger partial charge in [-0.25, -0.2) is 0 Å². The summed E-state index contributed by atoms with van der Waals surface area (Å²) in [5, 5.41) is 31.7. The molecule has 0 bridgehead atoms. The molecule has 5 heteroatoms. The molecule has 0 aliphatic heterocycles. The van der Waals surface area contributed by atoms with Crippen molar-refractivity contribution in [3.05, 3.63) is 65.5 Å². The Morgan fingerprint density at radius 3 is 2.71 bits per heavy atom. The van der Waals surface area contributed by atoms with Gasteiger partial charge in [0.25, 0.3) is 0 Å². The Morgan fingerprint density at radius 1 is 1.23 bits per heavy atom. The normalized spacial score (nSPS) is 19.1. The third kappa shape index (κ3) is 6.08. The van der Waals surface area contributed by atoms with E-state index in [2.05, 4.69) is 29.7 Å². The first kappa shape index (κ1) is 23.3. The molecule has 0 saturated carbocycles. The smallest absolute Gasteiger partial charge is 0.0721 e. The van der Waals surface area contributed by atoms with Crippen LogP contribution in [0.4, 0.5) is 0 Å². The number of carbonyl (C=O) groups is 1. The minimum absolute atomic E-state index is 0.0752. The van der Waals surface area contributed by atoms with Gasteiger partial charge in [0.1, 0.15) is 0 Å². The number of nitrogens with zero attached hydrogens (tertiary/aromatic N) is 1. The maximum Gasteiger partial charge on any atom is 0.0721 e. The predicted molar refractivity (Wildman–Crippen MR) is 120 cm³/mol. The van der Waals surface area contributed by atoms with Crippen molar-refractivity contribution in [3.8, 4) is 5.69 Å². The second-order valence-electron chi connectivity index (χ2n) is 8.53. The summed E-state index contributed by atoms with van der Waals surface area (Å²) < 4.78 is 2.21. The van der Waals surface area contributed by atoms with Gasteiger partial charge >= 0.3 is 0 Å². The maximum absolute atomic E-state index is 10.7. The molecule has 2 aromatic rings. The number of rotatable bonds is 12. The van der Waals surface area contributed by atoms with E-state index in [-0.39, 0.29) is 12.3 Å². The van der Waals surface area contributed by atoms with E-state index in [1.54, 1.807) is 0 Å². The molecule has 1 aliphatic rings. The van der Waals surface area contributed by atoms with Crippen molar-refractivity contribution < 1.29 is 20.1 Å². The number of aliphatic hydroxyl groups is 2. The molecule has 3 atom stereocenters. The largest absolute Gasteiger partial charge is 0.550 e. The van der Waals surface area contributed by atoms with Crippen LogP contribution in [0.15, 0.2) is 48.6 Å². The molecule has 31 heavy (non-hydrogen) atoms. The average Bonchev–Trinajstić information content (AvgIpc) is 3.24. The van der Waals surface area contributed by atoms with Crippen LogP contribution < -0.4 is 5.11 Å².